The number of hydrogen-bond acceptors (Lipinski definition) is 3. The molecular weight excluding hydrogens is 259 g/mol. The lowest BCUT2D eigenvalue weighted by Gasteiger charge is -2.19. The summed E-state index contributed by atoms with van der Waals surface area (Å²) >= 11 is 0. The van der Waals surface area contributed by atoms with Gasteiger partial charge in [-0.2, -0.15) is 0 Å². The van der Waals surface area contributed by atoms with Gasteiger partial charge in [-0.3, -0.25) is 4.98 Å². The minimum absolute atomic E-state index is 0. The van der Waals surface area contributed by atoms with Crippen LogP contribution in [0.4, 0.5) is 0 Å². The molecule has 0 saturated carbocycles. The predicted molar refractivity (Wildman–Crippen MR) is 74.5 cm³/mol. The minimum Gasteiger partial charge on any atom is -0.492 e. The van der Waals surface area contributed by atoms with Crippen molar-refractivity contribution < 1.29 is 4.74 Å². The Kier molecular flexibility index (Phi) is 8.30. The third kappa shape index (κ3) is 5.11. The summed E-state index contributed by atoms with van der Waals surface area (Å²) in [7, 11) is 2.20. The number of hydrogen-bond donors (Lipinski definition) is 0. The third-order valence-electron chi connectivity index (χ3n) is 3.03. The fraction of sp³-hybridized carbons (Fsp3) is 0.583. The van der Waals surface area contributed by atoms with Crippen LogP contribution in [0.5, 0.6) is 5.75 Å². The van der Waals surface area contributed by atoms with Crippen molar-refractivity contribution in [2.75, 3.05) is 20.2 Å². The molecular formula is C12H20Cl2N2O. The molecule has 3 nitrogen and oxygen atoms in total. The largest absolute Gasteiger partial charge is 0.492 e. The zero-order chi connectivity index (χ0) is 10.5. The second kappa shape index (κ2) is 8.56. The van der Waals surface area contributed by atoms with E-state index in [-0.39, 0.29) is 24.8 Å². The highest BCUT2D eigenvalue weighted by molar-refractivity contribution is 5.85. The molecule has 0 unspecified atom stereocenters. The zero-order valence-electron chi connectivity index (χ0n) is 10.0. The van der Waals surface area contributed by atoms with Crippen molar-refractivity contribution in [3.05, 3.63) is 24.5 Å². The number of aromatic nitrogens is 1. The topological polar surface area (TPSA) is 25.4 Å². The molecule has 1 aliphatic rings. The van der Waals surface area contributed by atoms with Crippen molar-refractivity contribution in [2.45, 2.75) is 25.3 Å². The van der Waals surface area contributed by atoms with Crippen LogP contribution in [0.2, 0.25) is 0 Å². The Hall–Kier alpha value is -0.510. The van der Waals surface area contributed by atoms with Crippen LogP contribution >= 0.6 is 24.8 Å². The first kappa shape index (κ1) is 16.5. The molecule has 1 aromatic heterocycles. The van der Waals surface area contributed by atoms with E-state index in [1.807, 2.05) is 12.1 Å². The molecule has 1 fully saturated rings. The summed E-state index contributed by atoms with van der Waals surface area (Å²) in [6, 6.07) is 4.56. The Morgan fingerprint density at radius 3 is 2.88 bits per heavy atom. The van der Waals surface area contributed by atoms with Gasteiger partial charge in [-0.1, -0.05) is 0 Å². The molecule has 1 atom stereocenters. The lowest BCUT2D eigenvalue weighted by Crippen LogP contribution is -2.26. The number of likely N-dealkylation sites (tertiary alicyclic amines) is 1. The first-order valence-electron chi connectivity index (χ1n) is 5.59. The lowest BCUT2D eigenvalue weighted by atomic mass is 10.1. The summed E-state index contributed by atoms with van der Waals surface area (Å²) in [5.74, 6) is 0.873. The van der Waals surface area contributed by atoms with E-state index in [2.05, 4.69) is 16.9 Å². The maximum atomic E-state index is 5.63. The van der Waals surface area contributed by atoms with Crippen molar-refractivity contribution in [2.24, 2.45) is 0 Å². The van der Waals surface area contributed by atoms with Crippen LogP contribution in [0, 0.1) is 0 Å². The zero-order valence-corrected chi connectivity index (χ0v) is 11.7. The van der Waals surface area contributed by atoms with Gasteiger partial charge in [0.05, 0.1) is 12.8 Å². The summed E-state index contributed by atoms with van der Waals surface area (Å²) in [6.07, 6.45) is 7.28. The summed E-state index contributed by atoms with van der Waals surface area (Å²) < 4.78 is 5.63. The average molecular weight is 279 g/mol. The molecule has 0 bridgehead atoms. The van der Waals surface area contributed by atoms with Gasteiger partial charge < -0.3 is 9.64 Å². The van der Waals surface area contributed by atoms with Crippen molar-refractivity contribution in [1.29, 1.82) is 0 Å². The van der Waals surface area contributed by atoms with Gasteiger partial charge >= 0.3 is 0 Å². The van der Waals surface area contributed by atoms with Crippen molar-refractivity contribution >= 4 is 24.8 Å². The van der Waals surface area contributed by atoms with Crippen LogP contribution in [0.15, 0.2) is 24.5 Å². The van der Waals surface area contributed by atoms with E-state index in [1.54, 1.807) is 12.4 Å². The molecule has 1 aliphatic heterocycles. The molecule has 0 N–H and O–H groups in total. The molecule has 1 saturated heterocycles. The molecule has 0 radical (unpaired) electrons. The highest BCUT2D eigenvalue weighted by Gasteiger charge is 2.20. The molecule has 5 heteroatoms. The van der Waals surface area contributed by atoms with Crippen LogP contribution in [-0.4, -0.2) is 36.1 Å². The third-order valence-corrected chi connectivity index (χ3v) is 3.03. The molecule has 2 rings (SSSR count). The first-order valence-corrected chi connectivity index (χ1v) is 5.59. The number of ether oxygens (including phenoxy) is 1. The Balaban J connectivity index is 0.00000128. The van der Waals surface area contributed by atoms with E-state index >= 15 is 0 Å². The molecule has 0 amide bonds. The van der Waals surface area contributed by atoms with E-state index in [9.17, 15) is 0 Å². The average Bonchev–Trinajstić information content (AvgIpc) is 2.66. The quantitative estimate of drug-likeness (QED) is 0.847. The Morgan fingerprint density at radius 1 is 1.47 bits per heavy atom. The summed E-state index contributed by atoms with van der Waals surface area (Å²) in [5.41, 5.74) is 0. The van der Waals surface area contributed by atoms with Gasteiger partial charge in [-0.15, -0.1) is 24.8 Å². The van der Waals surface area contributed by atoms with Gasteiger partial charge in [-0.05, 0) is 45.0 Å². The number of nitrogens with zero attached hydrogens (tertiary/aromatic N) is 2. The molecule has 0 aliphatic carbocycles. The monoisotopic (exact) mass is 278 g/mol. The van der Waals surface area contributed by atoms with Crippen LogP contribution < -0.4 is 4.74 Å². The second-order valence-corrected chi connectivity index (χ2v) is 4.10. The van der Waals surface area contributed by atoms with E-state index in [1.165, 1.54) is 19.4 Å². The number of pyridine rings is 1. The van der Waals surface area contributed by atoms with Gasteiger partial charge in [0.15, 0.2) is 0 Å². The Labute approximate surface area is 115 Å². The first-order chi connectivity index (χ1) is 7.36. The van der Waals surface area contributed by atoms with Gasteiger partial charge in [-0.25, -0.2) is 0 Å². The van der Waals surface area contributed by atoms with Crippen LogP contribution in [0.1, 0.15) is 19.3 Å². The number of halogens is 2. The standard InChI is InChI=1S/C12H18N2O.2ClH/c1-14-8-3-4-11(14)6-9-15-12-5-2-7-13-10-12;;/h2,5,7,10-11H,3-4,6,8-9H2,1H3;2*1H/t11-;;/m0../s1. The van der Waals surface area contributed by atoms with Crippen molar-refractivity contribution in [3.8, 4) is 5.75 Å². The smallest absolute Gasteiger partial charge is 0.137 e. The predicted octanol–water partition coefficient (Wildman–Crippen LogP) is 2.79. The van der Waals surface area contributed by atoms with E-state index in [0.717, 1.165) is 18.8 Å². The highest BCUT2D eigenvalue weighted by Crippen LogP contribution is 2.18. The van der Waals surface area contributed by atoms with Crippen molar-refractivity contribution in [1.82, 2.24) is 9.88 Å². The Bertz CT molecular complexity index is 298. The van der Waals surface area contributed by atoms with E-state index < -0.39 is 0 Å². The van der Waals surface area contributed by atoms with Gasteiger partial charge in [0.25, 0.3) is 0 Å². The fourth-order valence-corrected chi connectivity index (χ4v) is 2.09. The van der Waals surface area contributed by atoms with Crippen LogP contribution in [0.3, 0.4) is 0 Å². The maximum absolute atomic E-state index is 5.63. The van der Waals surface area contributed by atoms with Gasteiger partial charge in [0.1, 0.15) is 5.75 Å². The van der Waals surface area contributed by atoms with Crippen LogP contribution in [-0.2, 0) is 0 Å². The molecule has 2 heterocycles. The second-order valence-electron chi connectivity index (χ2n) is 4.10. The van der Waals surface area contributed by atoms with Crippen LogP contribution in [0.25, 0.3) is 0 Å². The molecule has 98 valence electrons. The van der Waals surface area contributed by atoms with E-state index in [0.29, 0.717) is 6.04 Å². The highest BCUT2D eigenvalue weighted by atomic mass is 35.5. The maximum Gasteiger partial charge on any atom is 0.137 e. The molecule has 0 aromatic carbocycles. The summed E-state index contributed by atoms with van der Waals surface area (Å²) in [4.78, 5) is 6.44. The van der Waals surface area contributed by atoms with E-state index in [4.69, 9.17) is 4.74 Å². The van der Waals surface area contributed by atoms with Gasteiger partial charge in [0.2, 0.25) is 0 Å². The molecule has 0 spiro atoms. The molecule has 17 heavy (non-hydrogen) atoms. The summed E-state index contributed by atoms with van der Waals surface area (Å²) in [6.45, 7) is 2.03. The Morgan fingerprint density at radius 2 is 2.29 bits per heavy atom. The minimum atomic E-state index is 0. The lowest BCUT2D eigenvalue weighted by molar-refractivity contribution is 0.233. The normalized spacial score (nSPS) is 19.2. The summed E-state index contributed by atoms with van der Waals surface area (Å²) in [5, 5.41) is 0. The molecule has 1 aromatic rings. The fourth-order valence-electron chi connectivity index (χ4n) is 2.09. The van der Waals surface area contributed by atoms with Crippen molar-refractivity contribution in [3.63, 3.8) is 0 Å². The SMILES string of the molecule is CN1CCC[C@H]1CCOc1cccnc1.Cl.Cl. The number of rotatable bonds is 4. The van der Waals surface area contributed by atoms with Gasteiger partial charge in [0, 0.05) is 12.2 Å².